The molecule has 4 rings (SSSR count). The molecule has 0 aliphatic carbocycles. The number of hydrogen-bond donors (Lipinski definition) is 1. The number of anilines is 1. The number of methoxy groups -OCH3 is 2. The Morgan fingerprint density at radius 3 is 2.48 bits per heavy atom. The molecule has 2 aromatic carbocycles. The fourth-order valence-electron chi connectivity index (χ4n) is 4.09. The first kappa shape index (κ1) is 32.3. The monoisotopic (exact) mass is 668 g/mol. The van der Waals surface area contributed by atoms with Crippen LogP contribution in [0.5, 0.6) is 5.75 Å². The van der Waals surface area contributed by atoms with Gasteiger partial charge in [-0.1, -0.05) is 53.9 Å². The Morgan fingerprint density at radius 1 is 1.15 bits per heavy atom. The Kier molecular flexibility index (Phi) is 13.1. The van der Waals surface area contributed by atoms with Gasteiger partial charge in [-0.3, -0.25) is 9.10 Å². The van der Waals surface area contributed by atoms with Crippen molar-refractivity contribution in [2.75, 3.05) is 39.2 Å². The van der Waals surface area contributed by atoms with Crippen LogP contribution in [0.1, 0.15) is 41.9 Å². The van der Waals surface area contributed by atoms with Crippen molar-refractivity contribution in [3.63, 3.8) is 0 Å². The first-order chi connectivity index (χ1) is 19.3. The third kappa shape index (κ3) is 9.14. The number of rotatable bonds is 9. The van der Waals surface area contributed by atoms with Gasteiger partial charge in [0, 0.05) is 42.5 Å². The van der Waals surface area contributed by atoms with E-state index in [9.17, 15) is 9.59 Å². The van der Waals surface area contributed by atoms with Crippen molar-refractivity contribution in [3.8, 4) is 16.2 Å². The minimum atomic E-state index is -0.401. The Balaban J connectivity index is 0.000000663. The van der Waals surface area contributed by atoms with Crippen LogP contribution in [0.25, 0.3) is 10.4 Å². The predicted octanol–water partition coefficient (Wildman–Crippen LogP) is 7.92. The van der Waals surface area contributed by atoms with E-state index in [1.807, 2.05) is 42.3 Å². The summed E-state index contributed by atoms with van der Waals surface area (Å²) in [4.78, 5) is 23.4. The third-order valence-electron chi connectivity index (χ3n) is 6.04. The van der Waals surface area contributed by atoms with E-state index in [0.717, 1.165) is 57.3 Å². The second-order valence-corrected chi connectivity index (χ2v) is 12.1. The van der Waals surface area contributed by atoms with Crippen LogP contribution in [-0.4, -0.2) is 56.2 Å². The number of esters is 2. The molecule has 0 spiro atoms. The molecule has 0 atom stereocenters. The second-order valence-electron chi connectivity index (χ2n) is 8.82. The second kappa shape index (κ2) is 16.3. The molecule has 1 fully saturated rings. The predicted molar refractivity (Wildman–Crippen MR) is 169 cm³/mol. The van der Waals surface area contributed by atoms with E-state index < -0.39 is 5.97 Å². The molecule has 216 valence electrons. The van der Waals surface area contributed by atoms with Crippen molar-refractivity contribution in [2.24, 2.45) is 0 Å². The molecule has 7 nitrogen and oxygen atoms in total. The van der Waals surface area contributed by atoms with Gasteiger partial charge in [0.2, 0.25) is 0 Å². The highest BCUT2D eigenvalue weighted by Crippen LogP contribution is 2.46. The van der Waals surface area contributed by atoms with Gasteiger partial charge in [-0.15, -0.1) is 11.3 Å². The minimum Gasteiger partial charge on any atom is -0.494 e. The van der Waals surface area contributed by atoms with Gasteiger partial charge in [-0.25, -0.2) is 4.79 Å². The average molecular weight is 670 g/mol. The van der Waals surface area contributed by atoms with Gasteiger partial charge in [-0.05, 0) is 65.0 Å². The summed E-state index contributed by atoms with van der Waals surface area (Å²) in [5.74, 6) is 0.790. The highest BCUT2D eigenvalue weighted by molar-refractivity contribution is 9.10. The number of nitrogens with zero attached hydrogens (tertiary/aromatic N) is 1. The summed E-state index contributed by atoms with van der Waals surface area (Å²) < 4.78 is 18.0. The zero-order valence-electron chi connectivity index (χ0n) is 23.0. The van der Waals surface area contributed by atoms with Gasteiger partial charge < -0.3 is 19.5 Å². The van der Waals surface area contributed by atoms with E-state index in [4.69, 9.17) is 21.1 Å². The lowest BCUT2D eigenvalue weighted by Gasteiger charge is -2.32. The first-order valence-corrected chi connectivity index (χ1v) is 15.8. The molecule has 1 saturated heterocycles. The number of hydrogen-bond acceptors (Lipinski definition) is 9. The summed E-state index contributed by atoms with van der Waals surface area (Å²) in [7, 11) is 2.93. The molecule has 2 heterocycles. The van der Waals surface area contributed by atoms with E-state index in [0.29, 0.717) is 23.3 Å². The van der Waals surface area contributed by atoms with E-state index in [2.05, 4.69) is 48.5 Å². The largest absolute Gasteiger partial charge is 0.494 e. The number of piperidine rings is 1. The fraction of sp³-hybridized carbons (Fsp3) is 0.379. The molecule has 40 heavy (non-hydrogen) atoms. The maximum atomic E-state index is 12.2. The quantitative estimate of drug-likeness (QED) is 0.182. The normalized spacial score (nSPS) is 13.7. The SMILES string of the molecule is CCOC(C)=O.COC(=O)c1sc(-c2cccc(NC3CCN(SCc4ccccc4Cl)CC3)c2)c(Br)c1OC. The summed E-state index contributed by atoms with van der Waals surface area (Å²) in [6.07, 6.45) is 2.14. The number of carbonyl (C=O) groups excluding carboxylic acids is 2. The van der Waals surface area contributed by atoms with Gasteiger partial charge in [-0.2, -0.15) is 0 Å². The number of benzene rings is 2. The van der Waals surface area contributed by atoms with Gasteiger partial charge in [0.15, 0.2) is 10.6 Å². The molecule has 0 amide bonds. The van der Waals surface area contributed by atoms with E-state index in [1.54, 1.807) is 14.0 Å². The number of ether oxygens (including phenoxy) is 3. The Bertz CT molecular complexity index is 1280. The van der Waals surface area contributed by atoms with E-state index in [1.165, 1.54) is 30.9 Å². The van der Waals surface area contributed by atoms with E-state index in [-0.39, 0.29) is 5.97 Å². The van der Waals surface area contributed by atoms with Crippen LogP contribution < -0.4 is 10.1 Å². The topological polar surface area (TPSA) is 77.1 Å². The van der Waals surface area contributed by atoms with Crippen molar-refractivity contribution in [3.05, 3.63) is 68.5 Å². The van der Waals surface area contributed by atoms with Crippen LogP contribution in [-0.2, 0) is 20.0 Å². The van der Waals surface area contributed by atoms with Crippen molar-refractivity contribution >= 4 is 68.4 Å². The Hall–Kier alpha value is -2.24. The molecule has 3 aromatic rings. The lowest BCUT2D eigenvalue weighted by Crippen LogP contribution is -2.35. The fourth-order valence-corrected chi connectivity index (χ4v) is 7.45. The van der Waals surface area contributed by atoms with E-state index >= 15 is 0 Å². The number of halogens is 2. The maximum Gasteiger partial charge on any atom is 0.351 e. The smallest absolute Gasteiger partial charge is 0.351 e. The lowest BCUT2D eigenvalue weighted by atomic mass is 10.1. The molecule has 1 aliphatic heterocycles. The van der Waals surface area contributed by atoms with Crippen LogP contribution in [0.2, 0.25) is 5.02 Å². The highest BCUT2D eigenvalue weighted by Gasteiger charge is 2.24. The molecular formula is C29H34BrClN2O5S2. The molecule has 1 aromatic heterocycles. The van der Waals surface area contributed by atoms with Gasteiger partial charge in [0.25, 0.3) is 0 Å². The summed E-state index contributed by atoms with van der Waals surface area (Å²) in [5, 5.41) is 4.53. The lowest BCUT2D eigenvalue weighted by molar-refractivity contribution is -0.140. The van der Waals surface area contributed by atoms with Crippen molar-refractivity contribution in [1.82, 2.24) is 4.31 Å². The van der Waals surface area contributed by atoms with Gasteiger partial charge >= 0.3 is 11.9 Å². The van der Waals surface area contributed by atoms with Crippen LogP contribution in [0.15, 0.2) is 53.0 Å². The summed E-state index contributed by atoms with van der Waals surface area (Å²) in [6.45, 7) is 5.71. The maximum absolute atomic E-state index is 12.2. The summed E-state index contributed by atoms with van der Waals surface area (Å²) in [5.41, 5.74) is 3.26. The Morgan fingerprint density at radius 2 is 1.88 bits per heavy atom. The first-order valence-electron chi connectivity index (χ1n) is 12.8. The number of carbonyl (C=O) groups is 2. The van der Waals surface area contributed by atoms with Crippen LogP contribution >= 0.6 is 50.8 Å². The van der Waals surface area contributed by atoms with Crippen LogP contribution in [0.3, 0.4) is 0 Å². The zero-order chi connectivity index (χ0) is 29.1. The third-order valence-corrected chi connectivity index (χ3v) is 9.80. The zero-order valence-corrected chi connectivity index (χ0v) is 27.0. The highest BCUT2D eigenvalue weighted by atomic mass is 79.9. The van der Waals surface area contributed by atoms with Crippen molar-refractivity contribution in [1.29, 1.82) is 0 Å². The molecule has 1 N–H and O–H groups in total. The molecule has 0 saturated carbocycles. The standard InChI is InChI=1S/C25H26BrClN2O3S2.C4H8O2/c1-31-22-21(26)23(34-24(22)25(30)32-2)16-7-5-8-19(14-16)28-18-10-12-29(13-11-18)33-15-17-6-3-4-9-20(17)27;1-3-6-4(2)5/h3-9,14,18,28H,10-13,15H2,1-2H3;3H2,1-2H3. The summed E-state index contributed by atoms with van der Waals surface area (Å²) in [6, 6.07) is 16.7. The number of nitrogens with one attached hydrogen (secondary N) is 1. The summed E-state index contributed by atoms with van der Waals surface area (Å²) >= 11 is 13.1. The average Bonchev–Trinajstić information content (AvgIpc) is 3.29. The molecule has 0 unspecified atom stereocenters. The molecule has 0 radical (unpaired) electrons. The van der Waals surface area contributed by atoms with Crippen molar-refractivity contribution in [2.45, 2.75) is 38.5 Å². The van der Waals surface area contributed by atoms with Crippen LogP contribution in [0, 0.1) is 0 Å². The van der Waals surface area contributed by atoms with Crippen LogP contribution in [0.4, 0.5) is 5.69 Å². The van der Waals surface area contributed by atoms with Gasteiger partial charge in [0.05, 0.1) is 30.2 Å². The number of thiophene rings is 1. The van der Waals surface area contributed by atoms with Gasteiger partial charge in [0.1, 0.15) is 0 Å². The molecular weight excluding hydrogens is 636 g/mol. The molecule has 11 heteroatoms. The minimum absolute atomic E-state index is 0.211. The Labute approximate surface area is 257 Å². The molecule has 0 bridgehead atoms. The van der Waals surface area contributed by atoms with Crippen molar-refractivity contribution < 1.29 is 23.8 Å². The molecule has 1 aliphatic rings.